The molecule has 0 N–H and O–H groups in total. The van der Waals surface area contributed by atoms with Crippen molar-refractivity contribution in [3.8, 4) is 33.4 Å². The molecule has 0 aromatic heterocycles. The van der Waals surface area contributed by atoms with Crippen LogP contribution in [0.1, 0.15) is 8.22 Å². The first-order valence-electron chi connectivity index (χ1n) is 22.3. The average Bonchev–Trinajstić information content (AvgIpc) is 3.93. The number of benzene rings is 8. The molecule has 0 fully saturated rings. The van der Waals surface area contributed by atoms with Gasteiger partial charge in [-0.05, 0) is 78.2 Å². The standard InChI is InChI=1S/C40H31N4.C12H8NO2S.Pt/c1-41-27-43(38-22-11-9-20-36(38)41)32-24-31(25-33(26-32)44-28-42(2)37-21-10-12-23-39(37)44)40-34(29-14-5-3-6-15-29)18-13-19-35(40)30-16-7-4-8-17-30;14-16(15)11-7-3-1-5-9(11)13-10-6-2-4-8-12(10)16;/h3-25,27-28H,1-2H3;1-8H;/q-3;-1;+4/i1D3,2D3;;. The van der Waals surface area contributed by atoms with Crippen molar-refractivity contribution in [1.29, 1.82) is 0 Å². The zero-order valence-corrected chi connectivity index (χ0v) is 35.4. The maximum atomic E-state index is 12.2. The molecule has 3 heterocycles. The Balaban J connectivity index is 0.000000278. The number of sulfone groups is 1. The van der Waals surface area contributed by atoms with Gasteiger partial charge in [0.15, 0.2) is 0 Å². The molecule has 0 spiro atoms. The minimum atomic E-state index is -3.40. The summed E-state index contributed by atoms with van der Waals surface area (Å²) < 4.78 is 74.2. The molecular formula is C52H39N5O2PtS. The van der Waals surface area contributed by atoms with Crippen molar-refractivity contribution in [3.63, 3.8) is 0 Å². The minimum Gasteiger partial charge on any atom is -0.656 e. The molecule has 9 heteroatoms. The molecule has 0 radical (unpaired) electrons. The Morgan fingerprint density at radius 1 is 0.492 bits per heavy atom. The first kappa shape index (κ1) is 33.2. The van der Waals surface area contributed by atoms with Crippen LogP contribution in [0.25, 0.3) is 38.7 Å². The van der Waals surface area contributed by atoms with E-state index in [9.17, 15) is 8.42 Å². The quantitative estimate of drug-likeness (QED) is 0.160. The third kappa shape index (κ3) is 7.26. The SMILES string of the molecule is O=S1(=O)c2ccccc2[N-]c2ccccc21.[2H]C([2H])([2H])N1[CH-]N(c2[c-]c(N3[CH-]N(C([2H])([2H])[2H])c4ccccc43)cc(-c3c(-c4ccccc4)cccc3-c3ccccc3)c2)c2ccccc21.[Pt+4]. The fraction of sp³-hybridized carbons (Fsp3) is 0.0385. The fourth-order valence-corrected chi connectivity index (χ4v) is 9.46. The Bertz CT molecular complexity index is 3030. The van der Waals surface area contributed by atoms with Crippen molar-refractivity contribution in [2.75, 3.05) is 33.6 Å². The van der Waals surface area contributed by atoms with Crippen LogP contribution < -0.4 is 19.6 Å². The second-order valence-electron chi connectivity index (χ2n) is 14.3. The van der Waals surface area contributed by atoms with Gasteiger partial charge in [-0.15, -0.1) is 46.5 Å². The first-order chi connectivity index (χ1) is 31.8. The topological polar surface area (TPSA) is 61.2 Å². The summed E-state index contributed by atoms with van der Waals surface area (Å²) in [5.41, 5.74) is 10.6. The Labute approximate surface area is 380 Å². The molecule has 8 aromatic rings. The minimum absolute atomic E-state index is 0. The molecule has 0 bridgehead atoms. The smallest absolute Gasteiger partial charge is 0.656 e. The van der Waals surface area contributed by atoms with Gasteiger partial charge in [-0.1, -0.05) is 140 Å². The van der Waals surface area contributed by atoms with Gasteiger partial charge in [0.2, 0.25) is 9.84 Å². The summed E-state index contributed by atoms with van der Waals surface area (Å²) in [5, 5.41) is 4.33. The van der Waals surface area contributed by atoms with Crippen LogP contribution in [0.5, 0.6) is 0 Å². The van der Waals surface area contributed by atoms with Gasteiger partial charge in [0.1, 0.15) is 0 Å². The second-order valence-corrected chi connectivity index (χ2v) is 16.2. The number of hydrogen-bond acceptors (Lipinski definition) is 6. The number of nitrogens with zero attached hydrogens (tertiary/aromatic N) is 5. The normalized spacial score (nSPS) is 15.9. The van der Waals surface area contributed by atoms with Crippen LogP contribution in [0.4, 0.5) is 45.5 Å². The van der Waals surface area contributed by atoms with Gasteiger partial charge in [0.25, 0.3) is 0 Å². The largest absolute Gasteiger partial charge is 4.00 e. The van der Waals surface area contributed by atoms with Crippen LogP contribution in [-0.2, 0) is 30.9 Å². The summed E-state index contributed by atoms with van der Waals surface area (Å²) in [6.07, 6.45) is 0. The van der Waals surface area contributed by atoms with E-state index in [0.29, 0.717) is 45.5 Å². The summed E-state index contributed by atoms with van der Waals surface area (Å²) in [7, 11) is -3.40. The Hall–Kier alpha value is -6.60. The van der Waals surface area contributed by atoms with E-state index in [4.69, 9.17) is 8.22 Å². The Kier molecular flexibility index (Phi) is 8.94. The van der Waals surface area contributed by atoms with Gasteiger partial charge in [0.05, 0.1) is 9.79 Å². The molecule has 0 atom stereocenters. The summed E-state index contributed by atoms with van der Waals surface area (Å²) in [6, 6.07) is 62.6. The van der Waals surface area contributed by atoms with Crippen molar-refractivity contribution >= 4 is 55.3 Å². The molecule has 11 rings (SSSR count). The van der Waals surface area contributed by atoms with Gasteiger partial charge in [0, 0.05) is 31.0 Å². The summed E-state index contributed by atoms with van der Waals surface area (Å²) in [6.45, 7) is -1.66. The maximum Gasteiger partial charge on any atom is 4.00 e. The molecule has 0 saturated heterocycles. The number of hydrogen-bond donors (Lipinski definition) is 0. The average molecular weight is 999 g/mol. The molecule has 3 aliphatic heterocycles. The van der Waals surface area contributed by atoms with E-state index in [2.05, 4.69) is 53.8 Å². The van der Waals surface area contributed by atoms with Crippen molar-refractivity contribution in [2.24, 2.45) is 0 Å². The van der Waals surface area contributed by atoms with Gasteiger partial charge >= 0.3 is 21.1 Å². The summed E-state index contributed by atoms with van der Waals surface area (Å²) >= 11 is 0. The number of fused-ring (bicyclic) bond motifs is 4. The van der Waals surface area contributed by atoms with E-state index in [1.165, 1.54) is 9.80 Å². The van der Waals surface area contributed by atoms with Crippen LogP contribution in [0.2, 0.25) is 0 Å². The number of anilines is 6. The molecule has 8 aromatic carbocycles. The summed E-state index contributed by atoms with van der Waals surface area (Å²) in [4.78, 5) is 6.84. The molecule has 3 aliphatic rings. The zero-order valence-electron chi connectivity index (χ0n) is 38.3. The van der Waals surface area contributed by atoms with E-state index in [1.54, 1.807) is 74.0 Å². The monoisotopic (exact) mass is 998 g/mol. The number of para-hydroxylation sites is 6. The predicted molar refractivity (Wildman–Crippen MR) is 245 cm³/mol. The third-order valence-corrected chi connectivity index (χ3v) is 12.5. The van der Waals surface area contributed by atoms with Crippen molar-refractivity contribution < 1.29 is 37.7 Å². The van der Waals surface area contributed by atoms with Gasteiger partial charge in [-0.25, -0.2) is 8.42 Å². The molecular weight excluding hydrogens is 954 g/mol. The van der Waals surface area contributed by atoms with Crippen LogP contribution in [0, 0.1) is 19.4 Å². The molecule has 7 nitrogen and oxygen atoms in total. The third-order valence-electron chi connectivity index (χ3n) is 10.7. The van der Waals surface area contributed by atoms with E-state index >= 15 is 0 Å². The van der Waals surface area contributed by atoms with Crippen molar-refractivity contribution in [2.45, 2.75) is 9.79 Å². The van der Waals surface area contributed by atoms with Crippen LogP contribution in [0.3, 0.4) is 0 Å². The molecule has 61 heavy (non-hydrogen) atoms. The number of rotatable bonds is 5. The van der Waals surface area contributed by atoms with E-state index in [-0.39, 0.29) is 30.9 Å². The van der Waals surface area contributed by atoms with Gasteiger partial charge in [-0.2, -0.15) is 13.3 Å². The zero-order chi connectivity index (χ0) is 45.8. The Morgan fingerprint density at radius 3 is 1.36 bits per heavy atom. The maximum absolute atomic E-state index is 12.2. The fourth-order valence-electron chi connectivity index (χ4n) is 7.93. The first-order valence-corrected chi connectivity index (χ1v) is 20.8. The molecule has 0 aliphatic carbocycles. The molecule has 0 unspecified atom stereocenters. The van der Waals surface area contributed by atoms with Crippen molar-refractivity contribution in [3.05, 3.63) is 213 Å². The van der Waals surface area contributed by atoms with E-state index < -0.39 is 23.8 Å². The van der Waals surface area contributed by atoms with Gasteiger partial charge in [-0.3, -0.25) is 0 Å². The predicted octanol–water partition coefficient (Wildman–Crippen LogP) is 13.1. The molecule has 0 amide bonds. The van der Waals surface area contributed by atoms with E-state index in [0.717, 1.165) is 33.4 Å². The second kappa shape index (κ2) is 16.5. The molecule has 300 valence electrons. The van der Waals surface area contributed by atoms with Crippen molar-refractivity contribution in [1.82, 2.24) is 0 Å². The molecule has 0 saturated carbocycles. The van der Waals surface area contributed by atoms with Crippen LogP contribution in [0.15, 0.2) is 198 Å². The van der Waals surface area contributed by atoms with Crippen LogP contribution >= 0.6 is 0 Å². The van der Waals surface area contributed by atoms with E-state index in [1.807, 2.05) is 94.7 Å². The Morgan fingerprint density at radius 2 is 0.902 bits per heavy atom. The van der Waals surface area contributed by atoms with Crippen LogP contribution in [-0.4, -0.2) is 22.4 Å². The summed E-state index contributed by atoms with van der Waals surface area (Å²) in [5.74, 6) is 0. The van der Waals surface area contributed by atoms with Gasteiger partial charge < -0.3 is 24.9 Å².